The summed E-state index contributed by atoms with van der Waals surface area (Å²) in [5.74, 6) is 0.119. The number of thiophene rings is 1. The SMILES string of the molecule is CB(O)Nc1ccc(C(=O)N2CCCCC2)s1. The summed E-state index contributed by atoms with van der Waals surface area (Å²) in [6.45, 7) is 3.40. The summed E-state index contributed by atoms with van der Waals surface area (Å²) in [6, 6.07) is 3.67. The molecule has 0 aliphatic carbocycles. The molecule has 17 heavy (non-hydrogen) atoms. The summed E-state index contributed by atoms with van der Waals surface area (Å²) in [5.41, 5.74) is 0. The van der Waals surface area contributed by atoms with E-state index in [9.17, 15) is 9.82 Å². The third kappa shape index (κ3) is 3.23. The molecule has 0 aromatic carbocycles. The lowest BCUT2D eigenvalue weighted by atomic mass is 9.89. The van der Waals surface area contributed by atoms with Gasteiger partial charge in [0.25, 0.3) is 5.91 Å². The van der Waals surface area contributed by atoms with E-state index < -0.39 is 7.05 Å². The molecule has 92 valence electrons. The van der Waals surface area contributed by atoms with Crippen LogP contribution in [-0.4, -0.2) is 36.0 Å². The molecule has 0 saturated carbocycles. The van der Waals surface area contributed by atoms with Gasteiger partial charge in [-0.1, -0.05) is 0 Å². The molecule has 0 unspecified atom stereocenters. The molecular formula is C11H17BN2O2S. The van der Waals surface area contributed by atoms with Gasteiger partial charge < -0.3 is 15.2 Å². The van der Waals surface area contributed by atoms with Crippen molar-refractivity contribution in [3.63, 3.8) is 0 Å². The second-order valence-corrected chi connectivity index (χ2v) is 5.42. The van der Waals surface area contributed by atoms with E-state index in [1.54, 1.807) is 6.82 Å². The highest BCUT2D eigenvalue weighted by molar-refractivity contribution is 7.18. The lowest BCUT2D eigenvalue weighted by Gasteiger charge is -2.26. The zero-order chi connectivity index (χ0) is 12.3. The molecule has 0 atom stereocenters. The van der Waals surface area contributed by atoms with E-state index in [2.05, 4.69) is 5.23 Å². The van der Waals surface area contributed by atoms with Crippen molar-refractivity contribution in [1.29, 1.82) is 0 Å². The minimum absolute atomic E-state index is 0.119. The van der Waals surface area contributed by atoms with Gasteiger partial charge in [-0.3, -0.25) is 4.79 Å². The van der Waals surface area contributed by atoms with Crippen LogP contribution in [0.3, 0.4) is 0 Å². The zero-order valence-corrected chi connectivity index (χ0v) is 10.8. The Morgan fingerprint density at radius 2 is 2.12 bits per heavy atom. The largest absolute Gasteiger partial charge is 0.433 e. The molecule has 1 aliphatic rings. The van der Waals surface area contributed by atoms with Gasteiger partial charge in [-0.15, -0.1) is 11.3 Å². The van der Waals surface area contributed by atoms with Gasteiger partial charge >= 0.3 is 7.05 Å². The maximum Gasteiger partial charge on any atom is 0.407 e. The third-order valence-corrected chi connectivity index (χ3v) is 3.82. The average molecular weight is 252 g/mol. The van der Waals surface area contributed by atoms with E-state index in [1.807, 2.05) is 17.0 Å². The number of hydrogen-bond acceptors (Lipinski definition) is 4. The molecule has 2 N–H and O–H groups in total. The van der Waals surface area contributed by atoms with Crippen LogP contribution in [0.2, 0.25) is 6.82 Å². The summed E-state index contributed by atoms with van der Waals surface area (Å²) >= 11 is 1.40. The number of anilines is 1. The predicted molar refractivity (Wildman–Crippen MR) is 71.5 cm³/mol. The van der Waals surface area contributed by atoms with Gasteiger partial charge in [0.05, 0.1) is 9.88 Å². The summed E-state index contributed by atoms with van der Waals surface area (Å²) in [6.07, 6.45) is 3.44. The van der Waals surface area contributed by atoms with Crippen LogP contribution in [0.1, 0.15) is 28.9 Å². The first-order chi connectivity index (χ1) is 8.16. The normalized spacial score (nSPS) is 15.8. The Kier molecular flexibility index (Phi) is 4.07. The average Bonchev–Trinajstić information content (AvgIpc) is 2.77. The van der Waals surface area contributed by atoms with Crippen LogP contribution < -0.4 is 5.23 Å². The maximum atomic E-state index is 12.1. The first kappa shape index (κ1) is 12.5. The third-order valence-electron chi connectivity index (χ3n) is 2.81. The molecule has 0 radical (unpaired) electrons. The van der Waals surface area contributed by atoms with Crippen LogP contribution in [0.25, 0.3) is 0 Å². The Balaban J connectivity index is 2.01. The number of carbonyl (C=O) groups excluding carboxylic acids is 1. The number of likely N-dealkylation sites (tertiary alicyclic amines) is 1. The number of hydrogen-bond donors (Lipinski definition) is 2. The lowest BCUT2D eigenvalue weighted by Crippen LogP contribution is -2.35. The topological polar surface area (TPSA) is 52.6 Å². The van der Waals surface area contributed by atoms with Crippen molar-refractivity contribution in [3.05, 3.63) is 17.0 Å². The standard InChI is InChI=1S/C11H17BN2O2S/c1-12(16)13-10-6-5-9(17-10)11(15)14-7-3-2-4-8-14/h5-6,13,16H,2-4,7-8H2,1H3. The second-order valence-electron chi connectivity index (χ2n) is 4.34. The molecule has 1 aliphatic heterocycles. The Labute approximate surface area is 106 Å². The molecule has 1 aromatic rings. The number of nitrogens with zero attached hydrogens (tertiary/aromatic N) is 1. The molecule has 1 aromatic heterocycles. The molecule has 1 amide bonds. The quantitative estimate of drug-likeness (QED) is 0.808. The predicted octanol–water partition coefficient (Wildman–Crippen LogP) is 1.90. The van der Waals surface area contributed by atoms with Crippen LogP contribution in [-0.2, 0) is 0 Å². The van der Waals surface area contributed by atoms with Crippen molar-refractivity contribution in [2.45, 2.75) is 26.1 Å². The Morgan fingerprint density at radius 1 is 1.41 bits per heavy atom. The van der Waals surface area contributed by atoms with Gasteiger partial charge in [0.2, 0.25) is 0 Å². The molecular weight excluding hydrogens is 235 g/mol. The highest BCUT2D eigenvalue weighted by atomic mass is 32.1. The monoisotopic (exact) mass is 252 g/mol. The van der Waals surface area contributed by atoms with E-state index in [0.717, 1.165) is 35.8 Å². The minimum atomic E-state index is -0.591. The summed E-state index contributed by atoms with van der Waals surface area (Å²) in [7, 11) is -0.591. The molecule has 0 spiro atoms. The van der Waals surface area contributed by atoms with Gasteiger partial charge in [-0.2, -0.15) is 0 Å². The van der Waals surface area contributed by atoms with Gasteiger partial charge in [0.15, 0.2) is 0 Å². The molecule has 2 heterocycles. The summed E-state index contributed by atoms with van der Waals surface area (Å²) in [5, 5.41) is 12.9. The van der Waals surface area contributed by atoms with Gasteiger partial charge in [-0.05, 0) is 38.2 Å². The molecule has 4 nitrogen and oxygen atoms in total. The van der Waals surface area contributed by atoms with Crippen LogP contribution in [0.15, 0.2) is 12.1 Å². The van der Waals surface area contributed by atoms with Crippen molar-refractivity contribution in [1.82, 2.24) is 4.90 Å². The lowest BCUT2D eigenvalue weighted by molar-refractivity contribution is 0.0729. The minimum Gasteiger partial charge on any atom is -0.433 e. The number of carbonyl (C=O) groups is 1. The van der Waals surface area contributed by atoms with Crippen LogP contribution in [0, 0.1) is 0 Å². The first-order valence-corrected chi connectivity index (χ1v) is 6.82. The fourth-order valence-electron chi connectivity index (χ4n) is 1.99. The number of piperidine rings is 1. The van der Waals surface area contributed by atoms with Crippen molar-refractivity contribution < 1.29 is 9.82 Å². The van der Waals surface area contributed by atoms with Crippen molar-refractivity contribution in [2.24, 2.45) is 0 Å². The Bertz CT molecular complexity index is 389. The van der Waals surface area contributed by atoms with E-state index in [0.29, 0.717) is 0 Å². The van der Waals surface area contributed by atoms with Gasteiger partial charge in [0, 0.05) is 13.1 Å². The molecule has 2 rings (SSSR count). The summed E-state index contributed by atoms with van der Waals surface area (Å²) in [4.78, 5) is 14.8. The van der Waals surface area contributed by atoms with Crippen LogP contribution in [0.5, 0.6) is 0 Å². The first-order valence-electron chi connectivity index (χ1n) is 6.00. The number of amides is 1. The fourth-order valence-corrected chi connectivity index (χ4v) is 2.94. The van der Waals surface area contributed by atoms with E-state index in [-0.39, 0.29) is 5.91 Å². The number of rotatable bonds is 3. The highest BCUT2D eigenvalue weighted by Gasteiger charge is 2.19. The Hall–Kier alpha value is -1.01. The van der Waals surface area contributed by atoms with E-state index in [1.165, 1.54) is 17.8 Å². The van der Waals surface area contributed by atoms with Crippen molar-refractivity contribution in [2.75, 3.05) is 18.3 Å². The fraction of sp³-hybridized carbons (Fsp3) is 0.545. The second kappa shape index (κ2) is 5.55. The van der Waals surface area contributed by atoms with Crippen molar-refractivity contribution in [3.8, 4) is 0 Å². The highest BCUT2D eigenvalue weighted by Crippen LogP contribution is 2.24. The molecule has 1 saturated heterocycles. The zero-order valence-electron chi connectivity index (χ0n) is 9.98. The van der Waals surface area contributed by atoms with Crippen molar-refractivity contribution >= 4 is 29.3 Å². The number of nitrogens with one attached hydrogen (secondary N) is 1. The molecule has 6 heteroatoms. The Morgan fingerprint density at radius 3 is 2.76 bits per heavy atom. The van der Waals surface area contributed by atoms with E-state index in [4.69, 9.17) is 0 Å². The van der Waals surface area contributed by atoms with Crippen LogP contribution in [0.4, 0.5) is 5.00 Å². The van der Waals surface area contributed by atoms with Gasteiger partial charge in [-0.25, -0.2) is 0 Å². The maximum absolute atomic E-state index is 12.1. The van der Waals surface area contributed by atoms with Crippen LogP contribution >= 0.6 is 11.3 Å². The smallest absolute Gasteiger partial charge is 0.407 e. The molecule has 1 fully saturated rings. The van der Waals surface area contributed by atoms with E-state index >= 15 is 0 Å². The molecule has 0 bridgehead atoms. The summed E-state index contributed by atoms with van der Waals surface area (Å²) < 4.78 is 0. The van der Waals surface area contributed by atoms with Gasteiger partial charge in [0.1, 0.15) is 0 Å².